The number of fused-ring (bicyclic) bond motifs is 1. The summed E-state index contributed by atoms with van der Waals surface area (Å²) in [7, 11) is -3.92. The molecule has 0 amide bonds. The van der Waals surface area contributed by atoms with Gasteiger partial charge in [-0.3, -0.25) is 0 Å². The number of H-pyrrole nitrogens is 1. The van der Waals surface area contributed by atoms with E-state index >= 15 is 0 Å². The molecule has 0 aliphatic carbocycles. The largest absolute Gasteiger partial charge is 0.505 e. The molecular weight excluding hydrogens is 360 g/mol. The summed E-state index contributed by atoms with van der Waals surface area (Å²) in [5.74, 6) is -0.445. The van der Waals surface area contributed by atoms with Crippen molar-refractivity contribution in [2.75, 3.05) is 0 Å². The summed E-state index contributed by atoms with van der Waals surface area (Å²) in [5, 5.41) is 11.0. The van der Waals surface area contributed by atoms with Crippen LogP contribution in [0.15, 0.2) is 53.6 Å². The van der Waals surface area contributed by atoms with Gasteiger partial charge in [0.25, 0.3) is 0 Å². The van der Waals surface area contributed by atoms with Crippen molar-refractivity contribution in [3.63, 3.8) is 0 Å². The lowest BCUT2D eigenvalue weighted by Gasteiger charge is -2.26. The molecule has 0 atom stereocenters. The number of aromatic amines is 1. The highest BCUT2D eigenvalue weighted by molar-refractivity contribution is 7.89. The fourth-order valence-corrected chi connectivity index (χ4v) is 4.68. The number of para-hydroxylation sites is 2. The Morgan fingerprint density at radius 2 is 1.88 bits per heavy atom. The molecule has 2 aromatic carbocycles. The molecular formula is C18H19ClN2O3S. The number of sulfonamides is 1. The molecule has 0 radical (unpaired) electrons. The molecule has 7 heteroatoms. The van der Waals surface area contributed by atoms with E-state index in [0.717, 1.165) is 16.5 Å². The van der Waals surface area contributed by atoms with Gasteiger partial charge in [0.15, 0.2) is 5.75 Å². The Hall–Kier alpha value is -2.02. The number of aromatic nitrogens is 1. The maximum Gasteiger partial charge on any atom is 0.244 e. The van der Waals surface area contributed by atoms with E-state index in [1.807, 2.05) is 30.5 Å². The highest BCUT2D eigenvalue weighted by atomic mass is 35.5. The second kappa shape index (κ2) is 6.37. The Morgan fingerprint density at radius 3 is 2.64 bits per heavy atom. The van der Waals surface area contributed by atoms with Crippen molar-refractivity contribution >= 4 is 32.5 Å². The van der Waals surface area contributed by atoms with Crippen LogP contribution in [0.2, 0.25) is 5.02 Å². The Bertz CT molecular complexity index is 1030. The summed E-state index contributed by atoms with van der Waals surface area (Å²) in [5.41, 5.74) is 1.25. The van der Waals surface area contributed by atoms with Crippen molar-refractivity contribution in [3.8, 4) is 5.75 Å². The van der Waals surface area contributed by atoms with Gasteiger partial charge in [0.2, 0.25) is 10.0 Å². The van der Waals surface area contributed by atoms with Crippen molar-refractivity contribution in [2.24, 2.45) is 0 Å². The van der Waals surface area contributed by atoms with Gasteiger partial charge in [-0.15, -0.1) is 0 Å². The lowest BCUT2D eigenvalue weighted by atomic mass is 9.96. The van der Waals surface area contributed by atoms with Gasteiger partial charge < -0.3 is 10.1 Å². The van der Waals surface area contributed by atoms with Gasteiger partial charge in [0.05, 0.1) is 5.02 Å². The third-order valence-corrected chi connectivity index (χ3v) is 5.99. The first-order valence-corrected chi connectivity index (χ1v) is 9.62. The zero-order valence-electron chi connectivity index (χ0n) is 13.9. The Labute approximate surface area is 151 Å². The first kappa shape index (κ1) is 17.8. The SMILES string of the molecule is CC(C)(Cc1c[nH]c2ccccc12)NS(=O)(=O)c1cccc(Cl)c1O. The summed E-state index contributed by atoms with van der Waals surface area (Å²) < 4.78 is 28.0. The van der Waals surface area contributed by atoms with E-state index < -0.39 is 21.3 Å². The van der Waals surface area contributed by atoms with Crippen LogP contribution in [-0.2, 0) is 16.4 Å². The van der Waals surface area contributed by atoms with Crippen LogP contribution in [0.1, 0.15) is 19.4 Å². The highest BCUT2D eigenvalue weighted by Gasteiger charge is 2.29. The molecule has 0 saturated carbocycles. The Morgan fingerprint density at radius 1 is 1.16 bits per heavy atom. The standard InChI is InChI=1S/C18H19ClN2O3S/c1-18(2,10-12-11-20-15-8-4-3-6-13(12)15)21-25(23,24)16-9-5-7-14(19)17(16)22/h3-9,11,20-22H,10H2,1-2H3. The number of hydrogen-bond acceptors (Lipinski definition) is 3. The minimum absolute atomic E-state index is 0.00249. The average molecular weight is 379 g/mol. The minimum Gasteiger partial charge on any atom is -0.505 e. The van der Waals surface area contributed by atoms with Crippen molar-refractivity contribution in [2.45, 2.75) is 30.7 Å². The maximum atomic E-state index is 12.7. The molecule has 3 N–H and O–H groups in total. The first-order valence-electron chi connectivity index (χ1n) is 7.76. The van der Waals surface area contributed by atoms with E-state index in [9.17, 15) is 13.5 Å². The van der Waals surface area contributed by atoms with Crippen molar-refractivity contribution < 1.29 is 13.5 Å². The average Bonchev–Trinajstić information content (AvgIpc) is 2.91. The highest BCUT2D eigenvalue weighted by Crippen LogP contribution is 2.31. The van der Waals surface area contributed by atoms with Crippen molar-refractivity contribution in [3.05, 3.63) is 59.2 Å². The lowest BCUT2D eigenvalue weighted by molar-refractivity contribution is 0.440. The van der Waals surface area contributed by atoms with E-state index in [1.165, 1.54) is 18.2 Å². The molecule has 5 nitrogen and oxygen atoms in total. The first-order chi connectivity index (χ1) is 11.7. The molecule has 1 heterocycles. The Balaban J connectivity index is 1.89. The molecule has 132 valence electrons. The zero-order valence-corrected chi connectivity index (χ0v) is 15.4. The number of phenols is 1. The van der Waals surface area contributed by atoms with E-state index in [0.29, 0.717) is 6.42 Å². The topological polar surface area (TPSA) is 82.2 Å². The number of benzene rings is 2. The summed E-state index contributed by atoms with van der Waals surface area (Å²) in [4.78, 5) is 2.96. The van der Waals surface area contributed by atoms with E-state index in [2.05, 4.69) is 9.71 Å². The molecule has 0 unspecified atom stereocenters. The monoisotopic (exact) mass is 378 g/mol. The molecule has 1 aromatic heterocycles. The predicted octanol–water partition coefficient (Wildman–Crippen LogP) is 3.83. The minimum atomic E-state index is -3.92. The second-order valence-electron chi connectivity index (χ2n) is 6.61. The predicted molar refractivity (Wildman–Crippen MR) is 99.5 cm³/mol. The van der Waals surface area contributed by atoms with Crippen LogP contribution in [0.5, 0.6) is 5.75 Å². The van der Waals surface area contributed by atoms with Crippen LogP contribution in [0.3, 0.4) is 0 Å². The molecule has 3 rings (SSSR count). The number of phenolic OH excluding ortho intramolecular Hbond substituents is 1. The summed E-state index contributed by atoms with van der Waals surface area (Å²) in [6.07, 6.45) is 2.37. The summed E-state index contributed by atoms with van der Waals surface area (Å²) >= 11 is 5.83. The molecule has 0 aliphatic heterocycles. The van der Waals surface area contributed by atoms with Crippen molar-refractivity contribution in [1.29, 1.82) is 0 Å². The number of aromatic hydroxyl groups is 1. The summed E-state index contributed by atoms with van der Waals surface area (Å²) in [6, 6.07) is 12.1. The van der Waals surface area contributed by atoms with Crippen LogP contribution in [0.25, 0.3) is 10.9 Å². The van der Waals surface area contributed by atoms with Crippen LogP contribution in [-0.4, -0.2) is 24.0 Å². The molecule has 0 spiro atoms. The number of rotatable bonds is 5. The second-order valence-corrected chi connectivity index (χ2v) is 8.67. The number of hydrogen-bond donors (Lipinski definition) is 3. The Kier molecular flexibility index (Phi) is 4.53. The van der Waals surface area contributed by atoms with Crippen LogP contribution in [0, 0.1) is 0 Å². The fourth-order valence-electron chi connectivity index (χ4n) is 2.92. The maximum absolute atomic E-state index is 12.7. The normalized spacial score (nSPS) is 12.6. The van der Waals surface area contributed by atoms with Gasteiger partial charge in [-0.2, -0.15) is 0 Å². The van der Waals surface area contributed by atoms with Crippen molar-refractivity contribution in [1.82, 2.24) is 9.71 Å². The molecule has 0 aliphatic rings. The smallest absolute Gasteiger partial charge is 0.244 e. The van der Waals surface area contributed by atoms with Gasteiger partial charge >= 0.3 is 0 Å². The number of halogens is 1. The molecule has 0 saturated heterocycles. The number of nitrogens with one attached hydrogen (secondary N) is 2. The third-order valence-electron chi connectivity index (χ3n) is 3.96. The van der Waals surface area contributed by atoms with Gasteiger partial charge in [-0.1, -0.05) is 35.9 Å². The van der Waals surface area contributed by atoms with Crippen LogP contribution in [0.4, 0.5) is 0 Å². The quantitative estimate of drug-likeness (QED) is 0.631. The third kappa shape index (κ3) is 3.66. The molecule has 25 heavy (non-hydrogen) atoms. The van der Waals surface area contributed by atoms with Crippen LogP contribution < -0.4 is 4.72 Å². The lowest BCUT2D eigenvalue weighted by Crippen LogP contribution is -2.44. The van der Waals surface area contributed by atoms with Gasteiger partial charge in [0.1, 0.15) is 4.90 Å². The van der Waals surface area contributed by atoms with Gasteiger partial charge in [-0.05, 0) is 44.0 Å². The zero-order chi connectivity index (χ0) is 18.2. The van der Waals surface area contributed by atoms with E-state index in [4.69, 9.17) is 11.6 Å². The van der Waals surface area contributed by atoms with E-state index in [-0.39, 0.29) is 9.92 Å². The molecule has 0 bridgehead atoms. The van der Waals surface area contributed by atoms with Gasteiger partial charge in [-0.25, -0.2) is 13.1 Å². The fraction of sp³-hybridized carbons (Fsp3) is 0.222. The van der Waals surface area contributed by atoms with E-state index in [1.54, 1.807) is 13.8 Å². The van der Waals surface area contributed by atoms with Gasteiger partial charge in [0, 0.05) is 22.6 Å². The molecule has 3 aromatic rings. The molecule has 0 fully saturated rings. The van der Waals surface area contributed by atoms with Crippen LogP contribution >= 0.6 is 11.6 Å². The summed E-state index contributed by atoms with van der Waals surface area (Å²) in [6.45, 7) is 3.60.